The Balaban J connectivity index is 3.31. The number of halogens is 7. The highest BCUT2D eigenvalue weighted by molar-refractivity contribution is 7.87. The van der Waals surface area contributed by atoms with E-state index < -0.39 is 66.5 Å². The van der Waals surface area contributed by atoms with Crippen molar-refractivity contribution >= 4 is 20.9 Å². The second-order valence-electron chi connectivity index (χ2n) is 3.85. The van der Waals surface area contributed by atoms with Crippen molar-refractivity contribution in [3.63, 3.8) is 0 Å². The Kier molecular flexibility index (Phi) is 3.81. The largest absolute Gasteiger partial charge is 0.300 e. The number of rotatable bonds is 2. The minimum Gasteiger partial charge on any atom is -0.264 e. The molecule has 3 nitrogen and oxygen atoms in total. The van der Waals surface area contributed by atoms with Gasteiger partial charge in [0.2, 0.25) is 0 Å². The van der Waals surface area contributed by atoms with Gasteiger partial charge >= 0.3 is 10.1 Å². The van der Waals surface area contributed by atoms with E-state index in [4.69, 9.17) is 0 Å². The Morgan fingerprint density at radius 3 is 1.41 bits per heavy atom. The van der Waals surface area contributed by atoms with Crippen LogP contribution >= 0.6 is 0 Å². The summed E-state index contributed by atoms with van der Waals surface area (Å²) in [6.45, 7) is 0. The molecule has 0 fully saturated rings. The van der Waals surface area contributed by atoms with Crippen LogP contribution in [0.4, 0.5) is 30.7 Å². The zero-order valence-electron chi connectivity index (χ0n) is 9.99. The summed E-state index contributed by atoms with van der Waals surface area (Å²) < 4.78 is 120. The van der Waals surface area contributed by atoms with Crippen molar-refractivity contribution in [1.82, 2.24) is 0 Å². The van der Waals surface area contributed by atoms with Gasteiger partial charge in [-0.15, -0.1) is 0 Å². The van der Waals surface area contributed by atoms with Crippen LogP contribution in [0.25, 0.3) is 10.8 Å². The zero-order chi connectivity index (χ0) is 17.0. The van der Waals surface area contributed by atoms with Gasteiger partial charge in [-0.25, -0.2) is 30.7 Å². The van der Waals surface area contributed by atoms with Gasteiger partial charge in [0.05, 0.1) is 17.9 Å². The maximum absolute atomic E-state index is 13.7. The van der Waals surface area contributed by atoms with E-state index in [0.717, 1.165) is 0 Å². The first-order chi connectivity index (χ1) is 10.1. The summed E-state index contributed by atoms with van der Waals surface area (Å²) in [5.74, 6) is -17.4. The van der Waals surface area contributed by atoms with E-state index in [1.807, 2.05) is 0 Å². The zero-order valence-corrected chi connectivity index (χ0v) is 10.8. The predicted molar refractivity (Wildman–Crippen MR) is 57.3 cm³/mol. The normalized spacial score (nSPS) is 12.2. The van der Waals surface area contributed by atoms with Gasteiger partial charge in [0.25, 0.3) is 0 Å². The summed E-state index contributed by atoms with van der Waals surface area (Å²) in [4.78, 5) is -2.05. The van der Waals surface area contributed by atoms with Crippen LogP contribution in [0, 0.1) is 47.8 Å². The highest BCUT2D eigenvalue weighted by Crippen LogP contribution is 2.37. The molecular weight excluding hydrogens is 345 g/mol. The molecule has 22 heavy (non-hydrogen) atoms. The standard InChI is InChI=1S/C11H2F7O3S/c1-21-22(19,20)11-3-2(5(13)9(17)10(11)18)4(12)7(15)8(16)6(3)14/h1H2. The van der Waals surface area contributed by atoms with Crippen LogP contribution in [-0.4, -0.2) is 8.42 Å². The molecule has 0 unspecified atom stereocenters. The first-order valence-electron chi connectivity index (χ1n) is 5.07. The van der Waals surface area contributed by atoms with E-state index in [9.17, 15) is 39.2 Å². The monoisotopic (exact) mass is 347 g/mol. The summed E-state index contributed by atoms with van der Waals surface area (Å²) >= 11 is 0. The molecule has 0 atom stereocenters. The Morgan fingerprint density at radius 2 is 1.00 bits per heavy atom. The molecule has 0 aliphatic rings. The maximum Gasteiger partial charge on any atom is 0.300 e. The van der Waals surface area contributed by atoms with E-state index in [0.29, 0.717) is 0 Å². The van der Waals surface area contributed by atoms with Crippen LogP contribution in [0.15, 0.2) is 4.90 Å². The van der Waals surface area contributed by atoms with Gasteiger partial charge in [-0.1, -0.05) is 0 Å². The molecule has 0 aliphatic carbocycles. The van der Waals surface area contributed by atoms with Gasteiger partial charge in [0, 0.05) is 0 Å². The van der Waals surface area contributed by atoms with Crippen molar-refractivity contribution in [2.24, 2.45) is 0 Å². The molecule has 1 radical (unpaired) electrons. The van der Waals surface area contributed by atoms with Crippen LogP contribution in [0.2, 0.25) is 0 Å². The number of hydrogen-bond acceptors (Lipinski definition) is 3. The molecule has 11 heteroatoms. The quantitative estimate of drug-likeness (QED) is 0.362. The van der Waals surface area contributed by atoms with Crippen LogP contribution in [0.5, 0.6) is 0 Å². The van der Waals surface area contributed by atoms with Crippen LogP contribution < -0.4 is 0 Å². The lowest BCUT2D eigenvalue weighted by atomic mass is 10.1. The molecule has 119 valence electrons. The Hall–Kier alpha value is -1.88. The summed E-state index contributed by atoms with van der Waals surface area (Å²) in [6.07, 6.45) is 0. The van der Waals surface area contributed by atoms with E-state index in [1.165, 1.54) is 0 Å². The molecule has 0 heterocycles. The van der Waals surface area contributed by atoms with E-state index in [1.54, 1.807) is 0 Å². The van der Waals surface area contributed by atoms with E-state index in [-0.39, 0.29) is 0 Å². The van der Waals surface area contributed by atoms with Gasteiger partial charge in [0.15, 0.2) is 40.7 Å². The minimum absolute atomic E-state index is 1.88. The van der Waals surface area contributed by atoms with Crippen molar-refractivity contribution in [3.05, 3.63) is 47.8 Å². The van der Waals surface area contributed by atoms with Crippen LogP contribution in [0.1, 0.15) is 0 Å². The lowest BCUT2D eigenvalue weighted by Gasteiger charge is -2.12. The molecule has 0 saturated carbocycles. The third kappa shape index (κ3) is 2.03. The SMILES string of the molecule is [CH2]OS(=O)(=O)c1c(F)c(F)c(F)c2c(F)c(F)c(F)c(F)c12. The summed E-state index contributed by atoms with van der Waals surface area (Å²) in [6, 6.07) is 0. The summed E-state index contributed by atoms with van der Waals surface area (Å²) in [5.41, 5.74) is 0. The molecule has 0 spiro atoms. The summed E-state index contributed by atoms with van der Waals surface area (Å²) in [7, 11) is -2.98. The van der Waals surface area contributed by atoms with E-state index in [2.05, 4.69) is 11.3 Å². The van der Waals surface area contributed by atoms with Crippen molar-refractivity contribution in [1.29, 1.82) is 0 Å². The Morgan fingerprint density at radius 1 is 0.636 bits per heavy atom. The predicted octanol–water partition coefficient (Wildman–Crippen LogP) is 3.31. The second kappa shape index (κ2) is 5.09. The molecule has 2 aromatic rings. The molecular formula is C11H2F7O3S. The van der Waals surface area contributed by atoms with Crippen molar-refractivity contribution in [3.8, 4) is 0 Å². The van der Waals surface area contributed by atoms with Crippen molar-refractivity contribution < 1.29 is 43.3 Å². The fraction of sp³-hybridized carbons (Fsp3) is 0. The smallest absolute Gasteiger partial charge is 0.264 e. The first kappa shape index (κ1) is 16.5. The fourth-order valence-corrected chi connectivity index (χ4v) is 2.63. The lowest BCUT2D eigenvalue weighted by Crippen LogP contribution is -2.12. The Bertz CT molecular complexity index is 900. The van der Waals surface area contributed by atoms with Gasteiger partial charge in [-0.05, 0) is 0 Å². The third-order valence-corrected chi connectivity index (χ3v) is 3.90. The first-order valence-corrected chi connectivity index (χ1v) is 6.47. The fourth-order valence-electron chi connectivity index (χ4n) is 1.76. The number of fused-ring (bicyclic) bond motifs is 1. The molecule has 0 saturated heterocycles. The third-order valence-electron chi connectivity index (χ3n) is 2.70. The minimum atomic E-state index is -5.35. The Labute approximate surface area is 118 Å². The second-order valence-corrected chi connectivity index (χ2v) is 5.40. The molecule has 0 aliphatic heterocycles. The average Bonchev–Trinajstić information content (AvgIpc) is 2.47. The molecule has 2 aromatic carbocycles. The number of benzene rings is 2. The van der Waals surface area contributed by atoms with Gasteiger partial charge in [0.1, 0.15) is 4.90 Å². The van der Waals surface area contributed by atoms with Crippen molar-refractivity contribution in [2.45, 2.75) is 4.90 Å². The van der Waals surface area contributed by atoms with Gasteiger partial charge in [-0.3, -0.25) is 4.18 Å². The topological polar surface area (TPSA) is 43.4 Å². The average molecular weight is 347 g/mol. The summed E-state index contributed by atoms with van der Waals surface area (Å²) in [5, 5.41) is -3.80. The lowest BCUT2D eigenvalue weighted by molar-refractivity contribution is 0.398. The molecule has 2 rings (SSSR count). The molecule has 0 bridgehead atoms. The van der Waals surface area contributed by atoms with Crippen molar-refractivity contribution in [2.75, 3.05) is 0 Å². The highest BCUT2D eigenvalue weighted by atomic mass is 32.2. The van der Waals surface area contributed by atoms with E-state index >= 15 is 0 Å². The molecule has 0 aromatic heterocycles. The molecule has 0 amide bonds. The number of hydrogen-bond donors (Lipinski definition) is 0. The molecule has 0 N–H and O–H groups in total. The van der Waals surface area contributed by atoms with Crippen LogP contribution in [0.3, 0.4) is 0 Å². The maximum atomic E-state index is 13.7. The van der Waals surface area contributed by atoms with Crippen LogP contribution in [-0.2, 0) is 14.3 Å². The van der Waals surface area contributed by atoms with Gasteiger partial charge in [-0.2, -0.15) is 8.42 Å². The highest BCUT2D eigenvalue weighted by Gasteiger charge is 2.35. The van der Waals surface area contributed by atoms with Gasteiger partial charge < -0.3 is 0 Å².